The van der Waals surface area contributed by atoms with Crippen molar-refractivity contribution in [1.29, 1.82) is 0 Å². The Morgan fingerprint density at radius 2 is 1.67 bits per heavy atom. The zero-order valence-electron chi connectivity index (χ0n) is 11.9. The normalized spacial score (nSPS) is 12.1. The monoisotopic (exact) mass is 416 g/mol. The van der Waals surface area contributed by atoms with Crippen molar-refractivity contribution >= 4 is 31.9 Å². The molecule has 0 aromatic heterocycles. The van der Waals surface area contributed by atoms with E-state index in [2.05, 4.69) is 31.9 Å². The summed E-state index contributed by atoms with van der Waals surface area (Å²) in [5.74, 6) is 0.541. The topological polar surface area (TPSA) is 18.5 Å². The van der Waals surface area contributed by atoms with Crippen LogP contribution in [-0.4, -0.2) is 14.2 Å². The largest absolute Gasteiger partial charge is 0.493 e. The molecule has 2 aromatic carbocycles. The highest BCUT2D eigenvalue weighted by Gasteiger charge is 2.19. The number of benzene rings is 2. The van der Waals surface area contributed by atoms with Crippen LogP contribution >= 0.6 is 31.9 Å². The molecule has 0 aliphatic rings. The van der Waals surface area contributed by atoms with E-state index < -0.39 is 0 Å². The van der Waals surface area contributed by atoms with Crippen molar-refractivity contribution in [3.63, 3.8) is 0 Å². The lowest BCUT2D eigenvalue weighted by Gasteiger charge is -2.16. The summed E-state index contributed by atoms with van der Waals surface area (Å²) in [6, 6.07) is 8.93. The predicted octanol–water partition coefficient (Wildman–Crippen LogP) is 5.40. The third-order valence-electron chi connectivity index (χ3n) is 3.26. The second-order valence-corrected chi connectivity index (χ2v) is 6.37. The molecule has 0 fully saturated rings. The van der Waals surface area contributed by atoms with E-state index in [0.717, 1.165) is 15.6 Å². The van der Waals surface area contributed by atoms with Crippen molar-refractivity contribution in [2.24, 2.45) is 0 Å². The summed E-state index contributed by atoms with van der Waals surface area (Å²) >= 11 is 7.05. The molecular weight excluding hydrogens is 403 g/mol. The zero-order valence-corrected chi connectivity index (χ0v) is 15.1. The van der Waals surface area contributed by atoms with Gasteiger partial charge in [-0.15, -0.1) is 0 Å². The Bertz CT molecular complexity index is 659. The van der Waals surface area contributed by atoms with Gasteiger partial charge in [-0.1, -0.05) is 44.0 Å². The number of aryl methyl sites for hydroxylation is 1. The van der Waals surface area contributed by atoms with Crippen LogP contribution in [0, 0.1) is 12.7 Å². The van der Waals surface area contributed by atoms with Crippen LogP contribution in [0.15, 0.2) is 34.8 Å². The van der Waals surface area contributed by atoms with E-state index in [1.165, 1.54) is 20.3 Å². The van der Waals surface area contributed by atoms with Gasteiger partial charge in [0.15, 0.2) is 11.5 Å². The van der Waals surface area contributed by atoms with Gasteiger partial charge < -0.3 is 9.47 Å². The number of hydrogen-bond acceptors (Lipinski definition) is 2. The van der Waals surface area contributed by atoms with Crippen LogP contribution in [0.1, 0.15) is 21.5 Å². The van der Waals surface area contributed by atoms with Crippen LogP contribution in [-0.2, 0) is 0 Å². The number of ether oxygens (including phenoxy) is 2. The molecule has 2 aromatic rings. The third kappa shape index (κ3) is 3.40. The first kappa shape index (κ1) is 16.3. The Labute approximate surface area is 140 Å². The van der Waals surface area contributed by atoms with Gasteiger partial charge in [0.2, 0.25) is 0 Å². The summed E-state index contributed by atoms with van der Waals surface area (Å²) < 4.78 is 25.6. The molecule has 2 nitrogen and oxygen atoms in total. The molecule has 0 aliphatic heterocycles. The zero-order chi connectivity index (χ0) is 15.6. The maximum absolute atomic E-state index is 14.3. The number of methoxy groups -OCH3 is 2. The van der Waals surface area contributed by atoms with Gasteiger partial charge in [-0.2, -0.15) is 0 Å². The van der Waals surface area contributed by atoms with Gasteiger partial charge in [0.05, 0.1) is 19.0 Å². The van der Waals surface area contributed by atoms with E-state index in [1.807, 2.05) is 25.1 Å². The average molecular weight is 418 g/mol. The van der Waals surface area contributed by atoms with Crippen molar-refractivity contribution in [2.75, 3.05) is 14.2 Å². The Morgan fingerprint density at radius 1 is 1.05 bits per heavy atom. The quantitative estimate of drug-likeness (QED) is 0.620. The minimum Gasteiger partial charge on any atom is -0.493 e. The molecule has 0 saturated heterocycles. The van der Waals surface area contributed by atoms with Gasteiger partial charge in [-0.3, -0.25) is 0 Å². The first-order valence-electron chi connectivity index (χ1n) is 6.29. The highest BCUT2D eigenvalue weighted by molar-refractivity contribution is 9.10. The van der Waals surface area contributed by atoms with Crippen molar-refractivity contribution < 1.29 is 13.9 Å². The van der Waals surface area contributed by atoms with Crippen LogP contribution in [0.3, 0.4) is 0 Å². The highest BCUT2D eigenvalue weighted by Crippen LogP contribution is 2.39. The van der Waals surface area contributed by atoms with Crippen LogP contribution in [0.5, 0.6) is 11.5 Å². The number of rotatable bonds is 4. The molecule has 0 amide bonds. The average Bonchev–Trinajstić information content (AvgIpc) is 2.49. The summed E-state index contributed by atoms with van der Waals surface area (Å²) in [7, 11) is 3.02. The summed E-state index contributed by atoms with van der Waals surface area (Å²) in [4.78, 5) is -0.269. The minimum atomic E-state index is -0.341. The molecule has 0 heterocycles. The van der Waals surface area contributed by atoms with Crippen molar-refractivity contribution in [3.05, 3.63) is 57.3 Å². The van der Waals surface area contributed by atoms with Gasteiger partial charge in [0.25, 0.3) is 0 Å². The first-order valence-corrected chi connectivity index (χ1v) is 8.00. The van der Waals surface area contributed by atoms with Crippen LogP contribution < -0.4 is 9.47 Å². The van der Waals surface area contributed by atoms with Crippen molar-refractivity contribution in [2.45, 2.75) is 11.8 Å². The summed E-state index contributed by atoms with van der Waals surface area (Å²) in [6.07, 6.45) is 0. The molecule has 0 saturated carbocycles. The second-order valence-electron chi connectivity index (χ2n) is 4.60. The molecule has 112 valence electrons. The molecule has 0 N–H and O–H groups in total. The van der Waals surface area contributed by atoms with Gasteiger partial charge in [0.1, 0.15) is 5.82 Å². The van der Waals surface area contributed by atoms with Crippen molar-refractivity contribution in [1.82, 2.24) is 0 Å². The van der Waals surface area contributed by atoms with Gasteiger partial charge in [-0.25, -0.2) is 4.39 Å². The predicted molar refractivity (Wildman–Crippen MR) is 89.2 cm³/mol. The second kappa shape index (κ2) is 6.79. The Kier molecular flexibility index (Phi) is 5.27. The maximum atomic E-state index is 14.3. The molecule has 0 bridgehead atoms. The molecule has 0 aliphatic carbocycles. The summed E-state index contributed by atoms with van der Waals surface area (Å²) in [5.41, 5.74) is 2.59. The lowest BCUT2D eigenvalue weighted by Crippen LogP contribution is -2.00. The van der Waals surface area contributed by atoms with E-state index in [1.54, 1.807) is 6.07 Å². The standard InChI is InChI=1S/C16H15Br2FO2/c1-9-4-5-10(6-12(9)17)16(18)11-7-14(20-2)15(21-3)8-13(11)19/h4-8,16H,1-3H3. The van der Waals surface area contributed by atoms with E-state index >= 15 is 0 Å². The highest BCUT2D eigenvalue weighted by atomic mass is 79.9. The van der Waals surface area contributed by atoms with E-state index in [9.17, 15) is 4.39 Å². The maximum Gasteiger partial charge on any atom is 0.163 e. The SMILES string of the molecule is COc1cc(F)c(C(Br)c2ccc(C)c(Br)c2)cc1OC. The fraction of sp³-hybridized carbons (Fsp3) is 0.250. The number of halogens is 3. The van der Waals surface area contributed by atoms with Crippen LogP contribution in [0.2, 0.25) is 0 Å². The van der Waals surface area contributed by atoms with E-state index in [-0.39, 0.29) is 10.6 Å². The number of alkyl halides is 1. The summed E-state index contributed by atoms with van der Waals surface area (Å²) in [6.45, 7) is 2.01. The Morgan fingerprint density at radius 3 is 2.24 bits per heavy atom. The molecule has 1 atom stereocenters. The Hall–Kier alpha value is -1.07. The van der Waals surface area contributed by atoms with Gasteiger partial charge >= 0.3 is 0 Å². The molecule has 0 spiro atoms. The molecule has 2 rings (SSSR count). The van der Waals surface area contributed by atoms with Crippen LogP contribution in [0.4, 0.5) is 4.39 Å². The fourth-order valence-corrected chi connectivity index (χ4v) is 3.04. The molecular formula is C16H15Br2FO2. The summed E-state index contributed by atoms with van der Waals surface area (Å²) in [5, 5.41) is 0. The molecule has 5 heteroatoms. The van der Waals surface area contributed by atoms with Gasteiger partial charge in [0, 0.05) is 16.1 Å². The molecule has 1 unspecified atom stereocenters. The lowest BCUT2D eigenvalue weighted by molar-refractivity contribution is 0.351. The third-order valence-corrected chi connectivity index (χ3v) is 5.14. The molecule has 21 heavy (non-hydrogen) atoms. The minimum absolute atomic E-state index is 0.269. The smallest absolute Gasteiger partial charge is 0.163 e. The Balaban J connectivity index is 2.47. The van der Waals surface area contributed by atoms with Gasteiger partial charge in [-0.05, 0) is 30.2 Å². The molecule has 0 radical (unpaired) electrons. The van der Waals surface area contributed by atoms with Crippen molar-refractivity contribution in [3.8, 4) is 11.5 Å². The lowest BCUT2D eigenvalue weighted by atomic mass is 10.0. The number of hydrogen-bond donors (Lipinski definition) is 0. The fourth-order valence-electron chi connectivity index (χ4n) is 2.01. The van der Waals surface area contributed by atoms with E-state index in [4.69, 9.17) is 9.47 Å². The van der Waals surface area contributed by atoms with E-state index in [0.29, 0.717) is 17.1 Å². The van der Waals surface area contributed by atoms with Crippen LogP contribution in [0.25, 0.3) is 0 Å². The first-order chi connectivity index (χ1) is 9.97.